The summed E-state index contributed by atoms with van der Waals surface area (Å²) in [6.07, 6.45) is 1.44. The molecule has 8 nitrogen and oxygen atoms in total. The highest BCUT2D eigenvalue weighted by molar-refractivity contribution is 5.98. The van der Waals surface area contributed by atoms with Gasteiger partial charge in [0, 0.05) is 36.7 Å². The van der Waals surface area contributed by atoms with E-state index in [1.165, 1.54) is 33.6 Å². The third kappa shape index (κ3) is 3.15. The van der Waals surface area contributed by atoms with E-state index in [1.807, 2.05) is 26.0 Å². The van der Waals surface area contributed by atoms with Gasteiger partial charge < -0.3 is 9.13 Å². The third-order valence-corrected chi connectivity index (χ3v) is 6.01. The van der Waals surface area contributed by atoms with E-state index in [-0.39, 0.29) is 23.5 Å². The summed E-state index contributed by atoms with van der Waals surface area (Å²) in [7, 11) is 2.97. The summed E-state index contributed by atoms with van der Waals surface area (Å²) in [5.74, 6) is -0.126. The van der Waals surface area contributed by atoms with Crippen molar-refractivity contribution in [3.63, 3.8) is 0 Å². The van der Waals surface area contributed by atoms with Crippen LogP contribution in [0.2, 0.25) is 0 Å². The van der Waals surface area contributed by atoms with Crippen LogP contribution in [0, 0.1) is 27.7 Å². The molecule has 0 amide bonds. The molecule has 4 rings (SSSR count). The summed E-state index contributed by atoms with van der Waals surface area (Å²) in [5, 5.41) is 0. The molecule has 0 aliphatic heterocycles. The van der Waals surface area contributed by atoms with Crippen molar-refractivity contribution in [3.05, 3.63) is 79.5 Å². The maximum absolute atomic E-state index is 13.2. The molecule has 0 N–H and O–H groups in total. The predicted octanol–water partition coefficient (Wildman–Crippen LogP) is 2.34. The van der Waals surface area contributed by atoms with Crippen molar-refractivity contribution in [2.24, 2.45) is 14.1 Å². The van der Waals surface area contributed by atoms with E-state index in [2.05, 4.69) is 35.5 Å². The van der Waals surface area contributed by atoms with Gasteiger partial charge in [-0.2, -0.15) is 0 Å². The molecule has 0 aliphatic rings. The number of carbonyl (C=O) groups excluding carboxylic acids is 1. The predicted molar refractivity (Wildman–Crippen MR) is 119 cm³/mol. The topological polar surface area (TPSA) is 83.8 Å². The van der Waals surface area contributed by atoms with Crippen LogP contribution in [0.25, 0.3) is 16.9 Å². The minimum Gasteiger partial charge on any atom is -0.318 e. The highest BCUT2D eigenvalue weighted by atomic mass is 16.2. The molecular formula is C23H25N5O3. The number of aryl methyl sites for hydroxylation is 4. The monoisotopic (exact) mass is 419 g/mol. The normalized spacial score (nSPS) is 11.4. The quantitative estimate of drug-likeness (QED) is 0.476. The minimum atomic E-state index is -0.469. The van der Waals surface area contributed by atoms with Gasteiger partial charge in [0.05, 0.1) is 12.9 Å². The third-order valence-electron chi connectivity index (χ3n) is 6.01. The van der Waals surface area contributed by atoms with Crippen LogP contribution in [0.15, 0.2) is 40.2 Å². The Hall–Kier alpha value is -3.68. The van der Waals surface area contributed by atoms with E-state index >= 15 is 0 Å². The Bertz CT molecular complexity index is 1480. The second-order valence-electron chi connectivity index (χ2n) is 8.06. The Morgan fingerprint density at radius 1 is 0.968 bits per heavy atom. The first-order valence-electron chi connectivity index (χ1n) is 10.0. The van der Waals surface area contributed by atoms with Gasteiger partial charge in [-0.1, -0.05) is 6.07 Å². The number of hydrogen-bond donors (Lipinski definition) is 0. The van der Waals surface area contributed by atoms with E-state index in [0.29, 0.717) is 5.56 Å². The maximum Gasteiger partial charge on any atom is 0.332 e. The van der Waals surface area contributed by atoms with Crippen LogP contribution in [-0.4, -0.2) is 29.0 Å². The highest BCUT2D eigenvalue weighted by Crippen LogP contribution is 2.23. The molecule has 31 heavy (non-hydrogen) atoms. The Morgan fingerprint density at radius 2 is 1.68 bits per heavy atom. The number of nitrogens with zero attached hydrogens (tertiary/aromatic N) is 5. The van der Waals surface area contributed by atoms with Crippen LogP contribution >= 0.6 is 0 Å². The molecule has 0 unspecified atom stereocenters. The molecule has 8 heteroatoms. The van der Waals surface area contributed by atoms with Crippen molar-refractivity contribution in [1.29, 1.82) is 0 Å². The van der Waals surface area contributed by atoms with Gasteiger partial charge in [-0.25, -0.2) is 9.78 Å². The summed E-state index contributed by atoms with van der Waals surface area (Å²) in [5.41, 5.74) is 5.38. The number of hydrogen-bond acceptors (Lipinski definition) is 4. The standard InChI is InChI=1S/C23H25N5O3/c1-13-7-8-17(9-14(13)2)28-15(3)10-18(16(28)4)19(29)11-27-12-24-21-20(27)22(30)26(6)23(31)25(21)5/h7-10,12H,11H2,1-6H3. The van der Waals surface area contributed by atoms with Crippen LogP contribution in [0.3, 0.4) is 0 Å². The molecule has 0 atom stereocenters. The molecule has 160 valence electrons. The lowest BCUT2D eigenvalue weighted by Gasteiger charge is -2.12. The lowest BCUT2D eigenvalue weighted by atomic mass is 10.1. The number of imidazole rings is 1. The molecule has 3 aromatic heterocycles. The van der Waals surface area contributed by atoms with Crippen molar-refractivity contribution in [3.8, 4) is 5.69 Å². The van der Waals surface area contributed by atoms with E-state index in [4.69, 9.17) is 0 Å². The first-order valence-corrected chi connectivity index (χ1v) is 10.0. The Labute approximate surface area is 179 Å². The molecule has 0 radical (unpaired) electrons. The Kier molecular flexibility index (Phi) is 4.80. The van der Waals surface area contributed by atoms with Crippen LogP contribution in [0.5, 0.6) is 0 Å². The van der Waals surface area contributed by atoms with Gasteiger partial charge in [-0.3, -0.25) is 18.7 Å². The van der Waals surface area contributed by atoms with Gasteiger partial charge in [0.15, 0.2) is 16.9 Å². The molecule has 0 spiro atoms. The summed E-state index contributed by atoms with van der Waals surface area (Å²) in [6, 6.07) is 8.10. The van der Waals surface area contributed by atoms with Crippen molar-refractivity contribution in [1.82, 2.24) is 23.3 Å². The average molecular weight is 419 g/mol. The van der Waals surface area contributed by atoms with E-state index < -0.39 is 11.2 Å². The summed E-state index contributed by atoms with van der Waals surface area (Å²) in [6.45, 7) is 7.98. The van der Waals surface area contributed by atoms with Gasteiger partial charge in [0.2, 0.25) is 0 Å². The molecule has 0 saturated carbocycles. The molecule has 0 saturated heterocycles. The minimum absolute atomic E-state index is 0.0405. The van der Waals surface area contributed by atoms with Gasteiger partial charge in [-0.05, 0) is 57.0 Å². The number of fused-ring (bicyclic) bond motifs is 1. The number of benzene rings is 1. The number of aromatic nitrogens is 5. The molecule has 0 aliphatic carbocycles. The van der Waals surface area contributed by atoms with Crippen molar-refractivity contribution >= 4 is 16.9 Å². The lowest BCUT2D eigenvalue weighted by Crippen LogP contribution is -2.37. The first-order chi connectivity index (χ1) is 14.6. The van der Waals surface area contributed by atoms with Crippen LogP contribution in [-0.2, 0) is 20.6 Å². The largest absolute Gasteiger partial charge is 0.332 e. The lowest BCUT2D eigenvalue weighted by molar-refractivity contribution is 0.0972. The van der Waals surface area contributed by atoms with Gasteiger partial charge >= 0.3 is 5.69 Å². The summed E-state index contributed by atoms with van der Waals surface area (Å²) < 4.78 is 5.91. The van der Waals surface area contributed by atoms with Crippen molar-refractivity contribution in [2.45, 2.75) is 34.2 Å². The zero-order valence-corrected chi connectivity index (χ0v) is 18.6. The first kappa shape index (κ1) is 20.6. The molecule has 1 aromatic carbocycles. The number of rotatable bonds is 4. The SMILES string of the molecule is Cc1ccc(-n2c(C)cc(C(=O)Cn3cnc4c3c(=O)n(C)c(=O)n4C)c2C)cc1C. The summed E-state index contributed by atoms with van der Waals surface area (Å²) >= 11 is 0. The van der Waals surface area contributed by atoms with Crippen molar-refractivity contribution in [2.75, 3.05) is 0 Å². The Balaban J connectivity index is 1.76. The van der Waals surface area contributed by atoms with Crippen LogP contribution in [0.1, 0.15) is 32.9 Å². The number of ketones is 1. The fourth-order valence-electron chi connectivity index (χ4n) is 4.06. The van der Waals surface area contributed by atoms with Crippen molar-refractivity contribution < 1.29 is 4.79 Å². The van der Waals surface area contributed by atoms with Gasteiger partial charge in [0.1, 0.15) is 0 Å². The molecule has 0 bridgehead atoms. The molecule has 0 fully saturated rings. The maximum atomic E-state index is 13.2. The zero-order valence-electron chi connectivity index (χ0n) is 18.6. The smallest absolute Gasteiger partial charge is 0.318 e. The molecule has 4 aromatic rings. The molecular weight excluding hydrogens is 394 g/mol. The van der Waals surface area contributed by atoms with Crippen LogP contribution < -0.4 is 11.2 Å². The second-order valence-corrected chi connectivity index (χ2v) is 8.06. The van der Waals surface area contributed by atoms with E-state index in [9.17, 15) is 14.4 Å². The fourth-order valence-corrected chi connectivity index (χ4v) is 4.06. The van der Waals surface area contributed by atoms with Gasteiger partial charge in [0.25, 0.3) is 5.56 Å². The highest BCUT2D eigenvalue weighted by Gasteiger charge is 2.20. The summed E-state index contributed by atoms with van der Waals surface area (Å²) in [4.78, 5) is 42.2. The number of carbonyl (C=O) groups is 1. The van der Waals surface area contributed by atoms with Crippen LogP contribution in [0.4, 0.5) is 0 Å². The van der Waals surface area contributed by atoms with Gasteiger partial charge in [-0.15, -0.1) is 0 Å². The zero-order chi connectivity index (χ0) is 22.6. The van der Waals surface area contributed by atoms with E-state index in [1.54, 1.807) is 7.05 Å². The molecule has 3 heterocycles. The number of Topliss-reactive ketones (excluding diaryl/α,β-unsaturated/α-hetero) is 1. The van der Waals surface area contributed by atoms with E-state index in [0.717, 1.165) is 21.6 Å². The second kappa shape index (κ2) is 7.23. The Morgan fingerprint density at radius 3 is 2.35 bits per heavy atom. The fraction of sp³-hybridized carbons (Fsp3) is 0.304. The average Bonchev–Trinajstić information content (AvgIpc) is 3.27.